The minimum absolute atomic E-state index is 0.132. The van der Waals surface area contributed by atoms with Crippen molar-refractivity contribution >= 4 is 5.97 Å². The lowest BCUT2D eigenvalue weighted by Gasteiger charge is -2.21. The molecule has 2 heteroatoms. The first-order valence-electron chi connectivity index (χ1n) is 5.43. The average Bonchev–Trinajstić information content (AvgIpc) is 2.09. The van der Waals surface area contributed by atoms with Crippen LogP contribution < -0.4 is 0 Å². The van der Waals surface area contributed by atoms with Gasteiger partial charge in [-0.3, -0.25) is 4.79 Å². The smallest absolute Gasteiger partial charge is 0.306 e. The summed E-state index contributed by atoms with van der Waals surface area (Å²) in [4.78, 5) is 11.2. The average molecular weight is 171 g/mol. The Bertz CT molecular complexity index is 170. The van der Waals surface area contributed by atoms with Crippen LogP contribution in [0.15, 0.2) is 0 Å². The van der Waals surface area contributed by atoms with Gasteiger partial charge in [-0.25, -0.2) is 0 Å². The van der Waals surface area contributed by atoms with Crippen LogP contribution in [0.5, 0.6) is 0 Å². The molecule has 0 aliphatic heterocycles. The molecule has 70 valence electrons. The molecule has 2 nitrogen and oxygen atoms in total. The number of carbonyl (C=O) groups is 1. The summed E-state index contributed by atoms with van der Waals surface area (Å²) in [5.74, 6) is -0.133. The minimum Gasteiger partial charge on any atom is -0.462 e. The molecular formula is C10H18O2. The lowest BCUT2D eigenvalue weighted by atomic mass is 9.98. The Morgan fingerprint density at radius 2 is 2.42 bits per heavy atom. The molecule has 0 aromatic heterocycles. The first-order chi connectivity index (χ1) is 6.24. The van der Waals surface area contributed by atoms with Crippen LogP contribution in [0.3, 0.4) is 0 Å². The van der Waals surface area contributed by atoms with Gasteiger partial charge in [0, 0.05) is 7.79 Å². The van der Waals surface area contributed by atoms with Crippen molar-refractivity contribution in [1.29, 1.82) is 0 Å². The molecule has 0 N–H and O–H groups in total. The van der Waals surface area contributed by atoms with Crippen LogP contribution in [0.4, 0.5) is 0 Å². The van der Waals surface area contributed by atoms with Crippen molar-refractivity contribution in [3.05, 3.63) is 0 Å². The summed E-state index contributed by atoms with van der Waals surface area (Å²) >= 11 is 0. The molecule has 1 aliphatic carbocycles. The second-order valence-electron chi connectivity index (χ2n) is 3.30. The first kappa shape index (κ1) is 8.09. The van der Waals surface area contributed by atoms with Gasteiger partial charge in [-0.1, -0.05) is 13.3 Å². The Morgan fingerprint density at radius 1 is 1.58 bits per heavy atom. The topological polar surface area (TPSA) is 26.3 Å². The van der Waals surface area contributed by atoms with Crippen molar-refractivity contribution in [2.45, 2.75) is 57.9 Å². The zero-order valence-electron chi connectivity index (χ0n) is 8.71. The molecule has 0 spiro atoms. The third-order valence-corrected chi connectivity index (χ3v) is 2.11. The summed E-state index contributed by atoms with van der Waals surface area (Å²) in [7, 11) is 0. The molecule has 0 heterocycles. The highest BCUT2D eigenvalue weighted by atomic mass is 16.5. The SMILES string of the molecule is [2H]C1CCCCC1OC(=O)CCC. The molecule has 0 aromatic carbocycles. The van der Waals surface area contributed by atoms with Gasteiger partial charge in [0.25, 0.3) is 0 Å². The maximum absolute atomic E-state index is 11.2. The van der Waals surface area contributed by atoms with E-state index in [1.54, 1.807) is 0 Å². The molecule has 12 heavy (non-hydrogen) atoms. The van der Waals surface area contributed by atoms with Crippen LogP contribution in [0.1, 0.15) is 53.2 Å². The predicted molar refractivity (Wildman–Crippen MR) is 47.9 cm³/mol. The van der Waals surface area contributed by atoms with Gasteiger partial charge in [0.05, 0.1) is 0 Å². The monoisotopic (exact) mass is 171 g/mol. The van der Waals surface area contributed by atoms with Gasteiger partial charge in [0.1, 0.15) is 6.10 Å². The number of hydrogen-bond acceptors (Lipinski definition) is 2. The van der Waals surface area contributed by atoms with E-state index in [9.17, 15) is 4.79 Å². The number of hydrogen-bond donors (Lipinski definition) is 0. The molecule has 1 saturated carbocycles. The lowest BCUT2D eigenvalue weighted by Crippen LogP contribution is -2.20. The number of rotatable bonds is 3. The Hall–Kier alpha value is -0.530. The number of ether oxygens (including phenoxy) is 1. The Morgan fingerprint density at radius 3 is 3.08 bits per heavy atom. The quantitative estimate of drug-likeness (QED) is 0.610. The van der Waals surface area contributed by atoms with Gasteiger partial charge in [-0.05, 0) is 32.1 Å². The molecule has 2 atom stereocenters. The van der Waals surface area contributed by atoms with E-state index in [0.29, 0.717) is 6.42 Å². The van der Waals surface area contributed by atoms with E-state index < -0.39 is 0 Å². The van der Waals surface area contributed by atoms with Crippen molar-refractivity contribution in [2.24, 2.45) is 0 Å². The summed E-state index contributed by atoms with van der Waals surface area (Å²) in [6.07, 6.45) is 4.96. The molecule has 1 fully saturated rings. The van der Waals surface area contributed by atoms with Crippen LogP contribution in [0.25, 0.3) is 0 Å². The summed E-state index contributed by atoms with van der Waals surface area (Å²) in [5, 5.41) is 0. The Kier molecular flexibility index (Phi) is 3.49. The fourth-order valence-corrected chi connectivity index (χ4v) is 1.45. The number of esters is 1. The van der Waals surface area contributed by atoms with Crippen molar-refractivity contribution < 1.29 is 10.9 Å². The number of carbonyl (C=O) groups excluding carboxylic acids is 1. The molecule has 0 amide bonds. The summed E-state index contributed by atoms with van der Waals surface area (Å²) in [6, 6.07) is 0. The third-order valence-electron chi connectivity index (χ3n) is 2.11. The van der Waals surface area contributed by atoms with Crippen LogP contribution in [-0.4, -0.2) is 12.1 Å². The van der Waals surface area contributed by atoms with Gasteiger partial charge in [-0.15, -0.1) is 0 Å². The normalized spacial score (nSPS) is 30.9. The van der Waals surface area contributed by atoms with Gasteiger partial charge in [0.2, 0.25) is 0 Å². The van der Waals surface area contributed by atoms with E-state index in [1.165, 1.54) is 0 Å². The standard InChI is InChI=1S/C10H18O2/c1-2-6-10(11)12-9-7-4-3-5-8-9/h9H,2-8H2,1H3/i7D. The van der Waals surface area contributed by atoms with E-state index in [-0.39, 0.29) is 18.5 Å². The van der Waals surface area contributed by atoms with Crippen LogP contribution in [-0.2, 0) is 9.53 Å². The minimum atomic E-state index is -0.186. The summed E-state index contributed by atoms with van der Waals surface area (Å²) in [5.41, 5.74) is 0. The molecule has 0 aromatic rings. The van der Waals surface area contributed by atoms with Crippen molar-refractivity contribution in [2.75, 3.05) is 0 Å². The van der Waals surface area contributed by atoms with Crippen LogP contribution in [0.2, 0.25) is 0 Å². The van der Waals surface area contributed by atoms with E-state index >= 15 is 0 Å². The summed E-state index contributed by atoms with van der Waals surface area (Å²) in [6.45, 7) is 1.96. The lowest BCUT2D eigenvalue weighted by molar-refractivity contribution is -0.150. The van der Waals surface area contributed by atoms with Gasteiger partial charge in [0.15, 0.2) is 0 Å². The van der Waals surface area contributed by atoms with E-state index in [1.807, 2.05) is 6.92 Å². The fraction of sp³-hybridized carbons (Fsp3) is 0.900. The van der Waals surface area contributed by atoms with Crippen LogP contribution >= 0.6 is 0 Å². The molecule has 1 aliphatic rings. The highest BCUT2D eigenvalue weighted by Gasteiger charge is 2.16. The molecule has 2 unspecified atom stereocenters. The molecule has 0 saturated heterocycles. The molecular weight excluding hydrogens is 152 g/mol. The first-order valence-corrected chi connectivity index (χ1v) is 4.85. The molecule has 0 radical (unpaired) electrons. The van der Waals surface area contributed by atoms with Crippen molar-refractivity contribution in [3.63, 3.8) is 0 Å². The highest BCUT2D eigenvalue weighted by Crippen LogP contribution is 2.20. The zero-order chi connectivity index (χ0) is 9.68. The Balaban J connectivity index is 2.29. The Labute approximate surface area is 75.7 Å². The fourth-order valence-electron chi connectivity index (χ4n) is 1.45. The third kappa shape index (κ3) is 3.24. The van der Waals surface area contributed by atoms with Crippen molar-refractivity contribution in [1.82, 2.24) is 0 Å². The van der Waals surface area contributed by atoms with E-state index in [0.717, 1.165) is 32.1 Å². The largest absolute Gasteiger partial charge is 0.462 e. The second-order valence-corrected chi connectivity index (χ2v) is 3.30. The van der Waals surface area contributed by atoms with E-state index in [4.69, 9.17) is 6.11 Å². The highest BCUT2D eigenvalue weighted by molar-refractivity contribution is 5.69. The zero-order valence-corrected chi connectivity index (χ0v) is 7.71. The van der Waals surface area contributed by atoms with Gasteiger partial charge < -0.3 is 4.74 Å². The second kappa shape index (κ2) is 5.18. The van der Waals surface area contributed by atoms with E-state index in [2.05, 4.69) is 0 Å². The van der Waals surface area contributed by atoms with Gasteiger partial charge in [-0.2, -0.15) is 0 Å². The molecule has 0 bridgehead atoms. The predicted octanol–water partition coefficient (Wildman–Crippen LogP) is 2.66. The molecule has 1 rings (SSSR count). The van der Waals surface area contributed by atoms with Gasteiger partial charge >= 0.3 is 5.97 Å². The van der Waals surface area contributed by atoms with Crippen LogP contribution in [0, 0.1) is 0 Å². The summed E-state index contributed by atoms with van der Waals surface area (Å²) < 4.78 is 12.9. The van der Waals surface area contributed by atoms with Crippen molar-refractivity contribution in [3.8, 4) is 0 Å². The maximum atomic E-state index is 11.2. The maximum Gasteiger partial charge on any atom is 0.306 e.